The summed E-state index contributed by atoms with van der Waals surface area (Å²) in [6.07, 6.45) is 21.7. The third kappa shape index (κ3) is 13.3. The Labute approximate surface area is 472 Å². The molecule has 0 fully saturated rings. The summed E-state index contributed by atoms with van der Waals surface area (Å²) in [6.45, 7) is 0. The molecule has 11 rings (SSSR count). The van der Waals surface area contributed by atoms with Crippen molar-refractivity contribution in [2.24, 2.45) is 0 Å². The van der Waals surface area contributed by atoms with Crippen LogP contribution in [0.4, 0.5) is 34.1 Å². The molecular weight excluding hydrogens is 965 g/mol. The summed E-state index contributed by atoms with van der Waals surface area (Å²) in [6, 6.07) is 107. The summed E-state index contributed by atoms with van der Waals surface area (Å²) >= 11 is 0. The lowest BCUT2D eigenvalue weighted by atomic mass is 9.97. The van der Waals surface area contributed by atoms with Crippen LogP contribution in [-0.4, -0.2) is 0 Å². The van der Waals surface area contributed by atoms with Gasteiger partial charge < -0.3 is 9.80 Å². The van der Waals surface area contributed by atoms with Crippen molar-refractivity contribution in [3.63, 3.8) is 0 Å². The zero-order chi connectivity index (χ0) is 54.0. The third-order valence-corrected chi connectivity index (χ3v) is 13.9. The highest BCUT2D eigenvalue weighted by molar-refractivity contribution is 5.84. The first-order chi connectivity index (χ1) is 39.7. The largest absolute Gasteiger partial charge is 0.311 e. The van der Waals surface area contributed by atoms with Crippen molar-refractivity contribution in [2.75, 3.05) is 9.80 Å². The van der Waals surface area contributed by atoms with Crippen LogP contribution in [0.5, 0.6) is 0 Å². The van der Waals surface area contributed by atoms with Crippen LogP contribution in [0.1, 0.15) is 55.6 Å². The summed E-state index contributed by atoms with van der Waals surface area (Å²) in [5.74, 6) is 0. The standard InChI is InChI=1S/C78H60N2/c1-7-23-67(24-8-1)77(68-25-9-2-10-26-68)35-19-21-61-45-53-73(54-46-61)79(71-31-15-5-16-32-71)75-57-49-65(50-58-75)43-41-63-37-39-64(40-38-63)42-44-66-51-59-76(60-52-66)80(72-33-17-6-18-34-72)74-55-47-62(48-56-74)22-20-36-78(69-27-11-3-12-28-69)70-29-13-4-14-30-70/h1-60H/b21-19+,22-20+,43-41+,44-42+. The van der Waals surface area contributed by atoms with Crippen molar-refractivity contribution in [2.45, 2.75) is 0 Å². The van der Waals surface area contributed by atoms with Crippen molar-refractivity contribution in [1.82, 2.24) is 0 Å². The van der Waals surface area contributed by atoms with Crippen LogP contribution in [0.3, 0.4) is 0 Å². The molecule has 0 heterocycles. The van der Waals surface area contributed by atoms with Gasteiger partial charge in [-0.15, -0.1) is 0 Å². The molecule has 0 saturated carbocycles. The Morgan fingerprint density at radius 1 is 0.188 bits per heavy atom. The van der Waals surface area contributed by atoms with Gasteiger partial charge in [0.2, 0.25) is 0 Å². The van der Waals surface area contributed by atoms with Crippen molar-refractivity contribution in [1.29, 1.82) is 0 Å². The minimum absolute atomic E-state index is 1.09. The van der Waals surface area contributed by atoms with Crippen molar-refractivity contribution < 1.29 is 0 Å². The van der Waals surface area contributed by atoms with Gasteiger partial charge in [0, 0.05) is 34.1 Å². The smallest absolute Gasteiger partial charge is 0.0462 e. The second-order valence-electron chi connectivity index (χ2n) is 19.4. The van der Waals surface area contributed by atoms with Crippen LogP contribution < -0.4 is 9.80 Å². The number of nitrogens with zero attached hydrogens (tertiary/aromatic N) is 2. The molecule has 80 heavy (non-hydrogen) atoms. The van der Waals surface area contributed by atoms with Gasteiger partial charge in [-0.2, -0.15) is 0 Å². The molecule has 0 aromatic heterocycles. The summed E-state index contributed by atoms with van der Waals surface area (Å²) < 4.78 is 0. The second-order valence-corrected chi connectivity index (χ2v) is 19.4. The maximum atomic E-state index is 2.30. The van der Waals surface area contributed by atoms with Gasteiger partial charge in [-0.3, -0.25) is 0 Å². The highest BCUT2D eigenvalue weighted by atomic mass is 15.1. The molecule has 2 nitrogen and oxygen atoms in total. The van der Waals surface area contributed by atoms with E-state index >= 15 is 0 Å². The third-order valence-electron chi connectivity index (χ3n) is 13.9. The van der Waals surface area contributed by atoms with E-state index in [4.69, 9.17) is 0 Å². The predicted octanol–water partition coefficient (Wildman–Crippen LogP) is 21.3. The summed E-state index contributed by atoms with van der Waals surface area (Å²) in [5, 5.41) is 0. The van der Waals surface area contributed by atoms with Gasteiger partial charge >= 0.3 is 0 Å². The van der Waals surface area contributed by atoms with Crippen molar-refractivity contribution in [3.05, 3.63) is 383 Å². The van der Waals surface area contributed by atoms with Gasteiger partial charge in [-0.25, -0.2) is 0 Å². The van der Waals surface area contributed by atoms with E-state index < -0.39 is 0 Å². The molecule has 0 saturated heterocycles. The van der Waals surface area contributed by atoms with E-state index in [2.05, 4.69) is 374 Å². The predicted molar refractivity (Wildman–Crippen MR) is 345 cm³/mol. The molecule has 0 aliphatic carbocycles. The minimum atomic E-state index is 1.09. The van der Waals surface area contributed by atoms with Crippen LogP contribution >= 0.6 is 0 Å². The van der Waals surface area contributed by atoms with Gasteiger partial charge in [-0.1, -0.05) is 291 Å². The maximum absolute atomic E-state index is 2.30. The molecular formula is C78H60N2. The lowest BCUT2D eigenvalue weighted by Gasteiger charge is -2.25. The Bertz CT molecular complexity index is 3530. The van der Waals surface area contributed by atoms with E-state index in [0.29, 0.717) is 0 Å². The average molecular weight is 1030 g/mol. The number of hydrogen-bond acceptors (Lipinski definition) is 2. The topological polar surface area (TPSA) is 6.48 Å². The summed E-state index contributed by atoms with van der Waals surface area (Å²) in [4.78, 5) is 4.60. The number of para-hydroxylation sites is 2. The van der Waals surface area contributed by atoms with E-state index in [0.717, 1.165) is 67.5 Å². The Morgan fingerprint density at radius 3 is 0.613 bits per heavy atom. The molecule has 0 unspecified atom stereocenters. The zero-order valence-corrected chi connectivity index (χ0v) is 44.5. The van der Waals surface area contributed by atoms with E-state index in [1.807, 2.05) is 0 Å². The lowest BCUT2D eigenvalue weighted by molar-refractivity contribution is 1.28. The van der Waals surface area contributed by atoms with Crippen molar-refractivity contribution >= 4 is 81.7 Å². The highest BCUT2D eigenvalue weighted by Gasteiger charge is 2.14. The molecule has 0 radical (unpaired) electrons. The van der Waals surface area contributed by atoms with Crippen molar-refractivity contribution in [3.8, 4) is 0 Å². The molecule has 0 bridgehead atoms. The van der Waals surface area contributed by atoms with Gasteiger partial charge in [-0.05, 0) is 140 Å². The van der Waals surface area contributed by atoms with E-state index in [-0.39, 0.29) is 0 Å². The van der Waals surface area contributed by atoms with Gasteiger partial charge in [0.25, 0.3) is 0 Å². The van der Waals surface area contributed by atoms with Crippen LogP contribution in [0.25, 0.3) is 47.6 Å². The number of rotatable bonds is 18. The van der Waals surface area contributed by atoms with Gasteiger partial charge in [0.05, 0.1) is 0 Å². The fourth-order valence-corrected chi connectivity index (χ4v) is 9.79. The number of anilines is 6. The molecule has 382 valence electrons. The lowest BCUT2D eigenvalue weighted by Crippen LogP contribution is -2.09. The van der Waals surface area contributed by atoms with E-state index in [1.165, 1.54) is 33.4 Å². The monoisotopic (exact) mass is 1020 g/mol. The molecule has 2 heteroatoms. The first-order valence-corrected chi connectivity index (χ1v) is 27.2. The summed E-state index contributed by atoms with van der Waals surface area (Å²) in [5.41, 5.74) is 20.5. The first-order valence-electron chi connectivity index (χ1n) is 27.2. The van der Waals surface area contributed by atoms with Gasteiger partial charge in [0.15, 0.2) is 0 Å². The average Bonchev–Trinajstić information content (AvgIpc) is 3.54. The Hall–Kier alpha value is -10.5. The fraction of sp³-hybridized carbons (Fsp3) is 0. The Morgan fingerprint density at radius 2 is 0.375 bits per heavy atom. The van der Waals surface area contributed by atoms with Gasteiger partial charge in [0.1, 0.15) is 0 Å². The Kier molecular flexibility index (Phi) is 16.8. The molecule has 0 aliphatic heterocycles. The molecule has 11 aromatic rings. The number of allylic oxidation sites excluding steroid dienone is 4. The van der Waals surface area contributed by atoms with Crippen LogP contribution in [-0.2, 0) is 0 Å². The number of benzene rings is 11. The molecule has 0 amide bonds. The Balaban J connectivity index is 0.731. The molecule has 0 aliphatic rings. The van der Waals surface area contributed by atoms with Crippen LogP contribution in [0.15, 0.2) is 328 Å². The minimum Gasteiger partial charge on any atom is -0.311 e. The SMILES string of the molecule is C(/C=C/c1ccc(N(c2ccccc2)c2ccc(/C=C/c3ccc(/C=C/c4ccc(N(c5ccccc5)c5ccc(/C=C/C=C(c6ccccc6)c6ccccc6)cc5)cc4)cc3)cc2)cc1)=C(c1ccccc1)c1ccccc1. The molecule has 0 spiro atoms. The first kappa shape index (κ1) is 51.6. The number of hydrogen-bond donors (Lipinski definition) is 0. The maximum Gasteiger partial charge on any atom is 0.0462 e. The molecule has 11 aromatic carbocycles. The normalized spacial score (nSPS) is 11.3. The fourth-order valence-electron chi connectivity index (χ4n) is 9.79. The second kappa shape index (κ2) is 26.0. The zero-order valence-electron chi connectivity index (χ0n) is 44.5. The molecule has 0 atom stereocenters. The van der Waals surface area contributed by atoms with Crippen LogP contribution in [0, 0.1) is 0 Å². The van der Waals surface area contributed by atoms with E-state index in [1.54, 1.807) is 0 Å². The quantitative estimate of drug-likeness (QED) is 0.0624. The summed E-state index contributed by atoms with van der Waals surface area (Å²) in [7, 11) is 0. The van der Waals surface area contributed by atoms with Crippen LogP contribution in [0.2, 0.25) is 0 Å². The molecule has 0 N–H and O–H groups in total. The van der Waals surface area contributed by atoms with E-state index in [9.17, 15) is 0 Å². The highest BCUT2D eigenvalue weighted by Crippen LogP contribution is 2.37.